The lowest BCUT2D eigenvalue weighted by Crippen LogP contribution is -2.61. The fraction of sp³-hybridized carbons (Fsp3) is 0.211. The highest BCUT2D eigenvalue weighted by Crippen LogP contribution is 2.50. The monoisotopic (exact) mass is 1020 g/mol. The van der Waals surface area contributed by atoms with E-state index in [4.69, 9.17) is 0 Å². The maximum atomic E-state index is 2.62. The van der Waals surface area contributed by atoms with Crippen LogP contribution in [0.5, 0.6) is 0 Å². The van der Waals surface area contributed by atoms with Crippen LogP contribution in [0.3, 0.4) is 0 Å². The molecule has 0 fully saturated rings. The van der Waals surface area contributed by atoms with E-state index in [1.165, 1.54) is 133 Å². The van der Waals surface area contributed by atoms with Crippen molar-refractivity contribution < 1.29 is 0 Å². The lowest BCUT2D eigenvalue weighted by Gasteiger charge is -2.45. The van der Waals surface area contributed by atoms with Crippen molar-refractivity contribution in [3.05, 3.63) is 235 Å². The molecule has 0 amide bonds. The molecule has 388 valence electrons. The van der Waals surface area contributed by atoms with Crippen molar-refractivity contribution in [2.75, 3.05) is 9.80 Å². The molecule has 3 heteroatoms. The number of fused-ring (bicyclic) bond motifs is 10. The van der Waals surface area contributed by atoms with Gasteiger partial charge in [0.1, 0.15) is 0 Å². The highest BCUT2D eigenvalue weighted by molar-refractivity contribution is 7.00. The first-order valence-corrected chi connectivity index (χ1v) is 28.5. The van der Waals surface area contributed by atoms with Gasteiger partial charge in [-0.15, -0.1) is 0 Å². The van der Waals surface area contributed by atoms with Gasteiger partial charge in [0.2, 0.25) is 0 Å². The second-order valence-corrected chi connectivity index (χ2v) is 26.6. The fourth-order valence-electron chi connectivity index (χ4n) is 12.8. The van der Waals surface area contributed by atoms with E-state index in [9.17, 15) is 0 Å². The van der Waals surface area contributed by atoms with E-state index in [2.05, 4.69) is 305 Å². The van der Waals surface area contributed by atoms with Crippen molar-refractivity contribution in [1.29, 1.82) is 0 Å². The van der Waals surface area contributed by atoms with Crippen LogP contribution in [0, 0.1) is 0 Å². The maximum Gasteiger partial charge on any atom is 0.252 e. The van der Waals surface area contributed by atoms with E-state index < -0.39 is 0 Å². The number of benzene rings is 11. The molecule has 2 nitrogen and oxygen atoms in total. The maximum absolute atomic E-state index is 2.62. The number of nitrogens with zero attached hydrogens (tertiary/aromatic N) is 2. The van der Waals surface area contributed by atoms with Gasteiger partial charge in [-0.3, -0.25) is 0 Å². The fourth-order valence-corrected chi connectivity index (χ4v) is 12.8. The van der Waals surface area contributed by atoms with Crippen molar-refractivity contribution in [3.8, 4) is 33.4 Å². The van der Waals surface area contributed by atoms with Gasteiger partial charge < -0.3 is 9.80 Å². The molecule has 0 aromatic heterocycles. The van der Waals surface area contributed by atoms with Crippen LogP contribution in [-0.2, 0) is 21.7 Å². The van der Waals surface area contributed by atoms with Crippen LogP contribution < -0.4 is 26.2 Å². The molecule has 79 heavy (non-hydrogen) atoms. The topological polar surface area (TPSA) is 6.48 Å². The van der Waals surface area contributed by atoms with E-state index >= 15 is 0 Å². The summed E-state index contributed by atoms with van der Waals surface area (Å²) in [6.07, 6.45) is 0. The first-order chi connectivity index (χ1) is 37.7. The Bertz CT molecular complexity index is 4190. The molecule has 0 radical (unpaired) electrons. The van der Waals surface area contributed by atoms with Crippen molar-refractivity contribution in [1.82, 2.24) is 0 Å². The van der Waals surface area contributed by atoms with E-state index in [-0.39, 0.29) is 28.4 Å². The molecule has 2 aliphatic heterocycles. The molecule has 0 saturated carbocycles. The number of rotatable bonds is 5. The summed E-state index contributed by atoms with van der Waals surface area (Å²) in [4.78, 5) is 5.21. The van der Waals surface area contributed by atoms with Gasteiger partial charge >= 0.3 is 0 Å². The van der Waals surface area contributed by atoms with E-state index in [0.717, 1.165) is 5.69 Å². The molecule has 11 aromatic rings. The molecule has 13 rings (SSSR count). The van der Waals surface area contributed by atoms with Gasteiger partial charge in [0.15, 0.2) is 0 Å². The van der Waals surface area contributed by atoms with Gasteiger partial charge in [-0.1, -0.05) is 247 Å². The summed E-state index contributed by atoms with van der Waals surface area (Å²) >= 11 is 0. The molecule has 0 saturated heterocycles. The molecule has 0 unspecified atom stereocenters. The SMILES string of the molecule is CC(C)(C)c1ccc(-c2ccc3c(c2)B2c4cc(C(C)(C)C)ccc4N(c4ccccc4-c4ccc(C(C)(C)C)cc4)c4cccc(c42)N3c2ccc(C(C)(C)C)cc2-c2ccc3c4ccccc4c4ccccc4c3c2)cc1. The molecule has 0 atom stereocenters. The first-order valence-electron chi connectivity index (χ1n) is 28.5. The zero-order valence-corrected chi connectivity index (χ0v) is 48.2. The largest absolute Gasteiger partial charge is 0.311 e. The van der Waals surface area contributed by atoms with Gasteiger partial charge in [0.25, 0.3) is 6.71 Å². The van der Waals surface area contributed by atoms with Crippen LogP contribution in [0.4, 0.5) is 34.1 Å². The van der Waals surface area contributed by atoms with Crippen LogP contribution in [-0.4, -0.2) is 6.71 Å². The average molecular weight is 1020 g/mol. The van der Waals surface area contributed by atoms with Crippen LogP contribution in [0.1, 0.15) is 105 Å². The van der Waals surface area contributed by atoms with Gasteiger partial charge in [-0.2, -0.15) is 0 Å². The van der Waals surface area contributed by atoms with Crippen LogP contribution >= 0.6 is 0 Å². The molecule has 0 aliphatic carbocycles. The van der Waals surface area contributed by atoms with Crippen molar-refractivity contribution >= 4 is 89.5 Å². The molecule has 11 aromatic carbocycles. The minimum Gasteiger partial charge on any atom is -0.311 e. The van der Waals surface area contributed by atoms with Gasteiger partial charge in [0, 0.05) is 33.9 Å². The number of hydrogen-bond acceptors (Lipinski definition) is 2. The van der Waals surface area contributed by atoms with E-state index in [0.29, 0.717) is 0 Å². The number of hydrogen-bond donors (Lipinski definition) is 0. The molecule has 0 bridgehead atoms. The minimum absolute atomic E-state index is 0.0507. The predicted octanol–water partition coefficient (Wildman–Crippen LogP) is 19.4. The normalized spacial score (nSPS) is 13.5. The quantitative estimate of drug-likeness (QED) is 0.125. The van der Waals surface area contributed by atoms with E-state index in [1.807, 2.05) is 0 Å². The Morgan fingerprint density at radius 3 is 1.20 bits per heavy atom. The molecule has 0 spiro atoms. The van der Waals surface area contributed by atoms with Gasteiger partial charge in [0.05, 0.1) is 11.4 Å². The summed E-state index contributed by atoms with van der Waals surface area (Å²) < 4.78 is 0. The summed E-state index contributed by atoms with van der Waals surface area (Å²) in [5.74, 6) is 0. The predicted molar refractivity (Wildman–Crippen MR) is 344 cm³/mol. The Labute approximate surface area is 469 Å². The summed E-state index contributed by atoms with van der Waals surface area (Å²) in [6.45, 7) is 27.8. The Hall–Kier alpha value is -8.14. The standard InChI is InChI=1S/C76H71BN2/c1-73(2,3)52-34-28-48(29-35-52)50-33-41-68-64(45-50)77-65-47-55(76(10,11)12)39-43-69(65)78(66-25-18-17-20-56(66)49-30-36-53(37-31-49)74(4,5)6)70-26-19-27-71(72(70)77)79(68)67-42-38-54(75(7,8)9)46-62(67)51-32-40-61-59-23-14-13-21-57(59)58-22-15-16-24-60(58)63(61)44-51/h13-47H,1-12H3. The van der Waals surface area contributed by atoms with Crippen LogP contribution in [0.15, 0.2) is 212 Å². The van der Waals surface area contributed by atoms with Gasteiger partial charge in [-0.05, 0) is 163 Å². The summed E-state index contributed by atoms with van der Waals surface area (Å²) in [6, 6.07) is 81.8. The Morgan fingerprint density at radius 2 is 0.646 bits per heavy atom. The highest BCUT2D eigenvalue weighted by Gasteiger charge is 2.44. The lowest BCUT2D eigenvalue weighted by atomic mass is 9.33. The Balaban J connectivity index is 1.10. The van der Waals surface area contributed by atoms with E-state index in [1.54, 1.807) is 0 Å². The third-order valence-corrected chi connectivity index (χ3v) is 17.3. The molecule has 2 aliphatic rings. The summed E-state index contributed by atoms with van der Waals surface area (Å²) in [7, 11) is 0. The number of anilines is 6. The zero-order chi connectivity index (χ0) is 54.9. The number of para-hydroxylation sites is 1. The van der Waals surface area contributed by atoms with Crippen molar-refractivity contribution in [3.63, 3.8) is 0 Å². The zero-order valence-electron chi connectivity index (χ0n) is 48.2. The highest BCUT2D eigenvalue weighted by atomic mass is 15.2. The minimum atomic E-state index is -0.0866. The third kappa shape index (κ3) is 8.47. The second-order valence-electron chi connectivity index (χ2n) is 26.6. The average Bonchev–Trinajstić information content (AvgIpc) is 3.58. The summed E-state index contributed by atoms with van der Waals surface area (Å²) in [5.41, 5.74) is 23.6. The first kappa shape index (κ1) is 50.4. The molecule has 0 N–H and O–H groups in total. The molecule has 2 heterocycles. The Kier molecular flexibility index (Phi) is 11.6. The summed E-state index contributed by atoms with van der Waals surface area (Å²) in [5, 5.41) is 7.67. The second kappa shape index (κ2) is 18.2. The third-order valence-electron chi connectivity index (χ3n) is 17.3. The smallest absolute Gasteiger partial charge is 0.252 e. The van der Waals surface area contributed by atoms with Crippen molar-refractivity contribution in [2.45, 2.75) is 105 Å². The van der Waals surface area contributed by atoms with Crippen LogP contribution in [0.25, 0.3) is 65.7 Å². The van der Waals surface area contributed by atoms with Crippen LogP contribution in [0.2, 0.25) is 0 Å². The molecular weight excluding hydrogens is 952 g/mol. The molecular formula is C76H71BN2. The lowest BCUT2D eigenvalue weighted by molar-refractivity contribution is 0.590. The Morgan fingerprint density at radius 1 is 0.253 bits per heavy atom. The van der Waals surface area contributed by atoms with Gasteiger partial charge in [-0.25, -0.2) is 0 Å². The van der Waals surface area contributed by atoms with Crippen molar-refractivity contribution in [2.24, 2.45) is 0 Å².